The molecule has 1 aliphatic rings. The Morgan fingerprint density at radius 2 is 1.43 bits per heavy atom. The molecule has 0 spiro atoms. The van der Waals surface area contributed by atoms with Gasteiger partial charge in [0, 0.05) is 19.0 Å². The van der Waals surface area contributed by atoms with Crippen LogP contribution in [0.2, 0.25) is 0 Å². The molecule has 2 heterocycles. The number of aliphatic hydroxyl groups excluding tert-OH is 3. The first kappa shape index (κ1) is 57.8. The van der Waals surface area contributed by atoms with Gasteiger partial charge < -0.3 is 45.1 Å². The summed E-state index contributed by atoms with van der Waals surface area (Å²) in [6.07, 6.45) is 21.9. The monoisotopic (exact) mass is 961 g/mol. The minimum atomic E-state index is -5.43. The molecule has 2 rings (SSSR count). The van der Waals surface area contributed by atoms with E-state index < -0.39 is 83.7 Å². The Hall–Kier alpha value is -3.32. The molecule has 8 atom stereocenters. The Morgan fingerprint density at radius 1 is 0.831 bits per heavy atom. The van der Waals surface area contributed by atoms with Gasteiger partial charge in [-0.05, 0) is 63.4 Å². The largest absolute Gasteiger partial charge is 0.481 e. The summed E-state index contributed by atoms with van der Waals surface area (Å²) in [5.74, 6) is -0.748. The van der Waals surface area contributed by atoms with Crippen molar-refractivity contribution in [1.82, 2.24) is 9.55 Å². The number of nitrogens with two attached hydrogens (primary N) is 1. The van der Waals surface area contributed by atoms with Gasteiger partial charge >= 0.3 is 33.3 Å². The molecule has 0 aromatic carbocycles. The minimum Gasteiger partial charge on any atom is -0.462 e. The lowest BCUT2D eigenvalue weighted by Gasteiger charge is -2.21. The van der Waals surface area contributed by atoms with Crippen molar-refractivity contribution in [3.05, 3.63) is 71.4 Å². The normalized spacial score (nSPS) is 20.8. The van der Waals surface area contributed by atoms with E-state index in [4.69, 9.17) is 29.0 Å². The number of phosphoric ester groups is 2. The molecule has 3 unspecified atom stereocenters. The molecule has 21 heteroatoms. The Balaban J connectivity index is 1.84. The van der Waals surface area contributed by atoms with E-state index in [1.165, 1.54) is 6.07 Å². The number of anilines is 1. The van der Waals surface area contributed by atoms with Gasteiger partial charge in [-0.2, -0.15) is 9.29 Å². The smallest absolute Gasteiger partial charge is 0.462 e. The summed E-state index contributed by atoms with van der Waals surface area (Å²) in [4.78, 5) is 61.5. The number of esters is 2. The average Bonchev–Trinajstić information content (AvgIpc) is 3.51. The zero-order valence-electron chi connectivity index (χ0n) is 38.1. The van der Waals surface area contributed by atoms with Crippen LogP contribution in [0.4, 0.5) is 5.82 Å². The number of carbonyl (C=O) groups is 2. The standard InChI is InChI=1S/C44H73N3O16P2/c1-4-24-35(48)26-21-17-12-10-8-6-5-7-9-11-13-18-22-27-39(49)58-31-36(61-40(50)28-23-19-15-14-16-20-25-34(2)3)32-59-64(54,55)63-65(56,57)60-33-37-41(51)42(52)43(62-37)47-30-29-38(45)46-44(47)53/h5,7-8,10-11,13,17,21,29-30,34-37,41-43,48,51-52H,4,6,9,12,14-16,18-20,22-28,31-33H2,1-3H3,(H,54,55)(H,56,57)(H2,45,46,53)/b7-5-,10-8-,13-11-,21-17-/t35?,36-,37-,41-,42-,43-/m1/s1. The molecule has 1 aromatic heterocycles. The molecule has 1 aromatic rings. The number of nitrogens with zero attached hydrogens (tertiary/aromatic N) is 2. The molecule has 0 radical (unpaired) electrons. The zero-order valence-corrected chi connectivity index (χ0v) is 39.8. The number of hydrogen-bond acceptors (Lipinski definition) is 16. The van der Waals surface area contributed by atoms with Gasteiger partial charge in [0.05, 0.1) is 19.3 Å². The Morgan fingerprint density at radius 3 is 2.08 bits per heavy atom. The summed E-state index contributed by atoms with van der Waals surface area (Å²) in [7, 11) is -10.9. The highest BCUT2D eigenvalue weighted by atomic mass is 31.3. The van der Waals surface area contributed by atoms with Crippen molar-refractivity contribution in [1.29, 1.82) is 0 Å². The lowest BCUT2D eigenvalue weighted by molar-refractivity contribution is -0.161. The molecule has 0 bridgehead atoms. The molecule has 0 aliphatic carbocycles. The van der Waals surface area contributed by atoms with Crippen LogP contribution in [0.1, 0.15) is 136 Å². The number of aliphatic hydroxyl groups is 3. The highest BCUT2D eigenvalue weighted by Crippen LogP contribution is 2.60. The molecular weight excluding hydrogens is 888 g/mol. The predicted octanol–water partition coefficient (Wildman–Crippen LogP) is 7.04. The average molecular weight is 962 g/mol. The second kappa shape index (κ2) is 32.4. The highest BCUT2D eigenvalue weighted by molar-refractivity contribution is 7.61. The van der Waals surface area contributed by atoms with Gasteiger partial charge in [-0.25, -0.2) is 13.9 Å². The van der Waals surface area contributed by atoms with Crippen molar-refractivity contribution in [2.75, 3.05) is 25.6 Å². The van der Waals surface area contributed by atoms with Gasteiger partial charge in [-0.3, -0.25) is 23.2 Å². The SMILES string of the molecule is CCCC(O)C/C=C\C/C=C\C/C=C\C/C=C\CCCC(=O)OC[C@H](COP(=O)(O)OP(=O)(O)OC[C@H]1O[C@@H](n2ccc(N)nc2=O)[C@H](O)[C@@H]1O)OC(=O)CCCCCCCCC(C)C. The molecule has 0 saturated carbocycles. The van der Waals surface area contributed by atoms with Crippen LogP contribution in [0.25, 0.3) is 0 Å². The summed E-state index contributed by atoms with van der Waals surface area (Å²) >= 11 is 0. The van der Waals surface area contributed by atoms with Gasteiger partial charge in [0.15, 0.2) is 12.3 Å². The number of unbranched alkanes of at least 4 members (excludes halogenated alkanes) is 6. The number of ether oxygens (including phenoxy) is 3. The van der Waals surface area contributed by atoms with Crippen LogP contribution >= 0.6 is 15.6 Å². The topological polar surface area (TPSA) is 286 Å². The lowest BCUT2D eigenvalue weighted by atomic mass is 10.0. The van der Waals surface area contributed by atoms with Gasteiger partial charge in [0.2, 0.25) is 0 Å². The van der Waals surface area contributed by atoms with E-state index in [0.717, 1.165) is 81.4 Å². The maximum Gasteiger partial charge on any atom is 0.481 e. The third-order valence-corrected chi connectivity index (χ3v) is 12.5. The van der Waals surface area contributed by atoms with Crippen LogP contribution in [-0.2, 0) is 46.3 Å². The van der Waals surface area contributed by atoms with Crippen molar-refractivity contribution >= 4 is 33.4 Å². The van der Waals surface area contributed by atoms with Crippen LogP contribution in [0.5, 0.6) is 0 Å². The van der Waals surface area contributed by atoms with Gasteiger partial charge in [-0.15, -0.1) is 0 Å². The number of carbonyl (C=O) groups excluding carboxylic acids is 2. The Labute approximate surface area is 382 Å². The minimum absolute atomic E-state index is 0.0268. The Bertz CT molecular complexity index is 1800. The van der Waals surface area contributed by atoms with E-state index in [0.29, 0.717) is 31.6 Å². The fourth-order valence-electron chi connectivity index (χ4n) is 6.39. The van der Waals surface area contributed by atoms with E-state index in [-0.39, 0.29) is 24.8 Å². The van der Waals surface area contributed by atoms with Crippen LogP contribution in [0.3, 0.4) is 0 Å². The van der Waals surface area contributed by atoms with Crippen LogP contribution in [0, 0.1) is 5.92 Å². The molecular formula is C44H73N3O16P2. The third kappa shape index (κ3) is 26.6. The predicted molar refractivity (Wildman–Crippen MR) is 244 cm³/mol. The fraction of sp³-hybridized carbons (Fsp3) is 0.682. The molecule has 19 nitrogen and oxygen atoms in total. The second-order valence-electron chi connectivity index (χ2n) is 16.2. The van der Waals surface area contributed by atoms with Crippen molar-refractivity contribution < 1.29 is 71.4 Å². The molecule has 7 N–H and O–H groups in total. The van der Waals surface area contributed by atoms with Crippen LogP contribution in [0.15, 0.2) is 65.7 Å². The summed E-state index contributed by atoms with van der Waals surface area (Å²) in [5.41, 5.74) is 4.56. The van der Waals surface area contributed by atoms with Gasteiger partial charge in [0.1, 0.15) is 30.7 Å². The van der Waals surface area contributed by atoms with Crippen LogP contribution in [-0.4, -0.2) is 96.9 Å². The summed E-state index contributed by atoms with van der Waals surface area (Å²) in [6, 6.07) is 1.24. The number of rotatable bonds is 35. The molecule has 0 amide bonds. The quantitative estimate of drug-likeness (QED) is 0.0172. The first-order valence-electron chi connectivity index (χ1n) is 22.6. The first-order valence-corrected chi connectivity index (χ1v) is 25.6. The molecule has 1 saturated heterocycles. The second-order valence-corrected chi connectivity index (χ2v) is 19.3. The van der Waals surface area contributed by atoms with Crippen molar-refractivity contribution in [3.8, 4) is 0 Å². The van der Waals surface area contributed by atoms with Crippen molar-refractivity contribution in [3.63, 3.8) is 0 Å². The molecule has 65 heavy (non-hydrogen) atoms. The summed E-state index contributed by atoms with van der Waals surface area (Å²) in [5, 5.41) is 30.6. The van der Waals surface area contributed by atoms with E-state index in [2.05, 4.69) is 41.4 Å². The van der Waals surface area contributed by atoms with E-state index in [1.54, 1.807) is 0 Å². The van der Waals surface area contributed by atoms with Gasteiger partial charge in [-0.1, -0.05) is 114 Å². The summed E-state index contributed by atoms with van der Waals surface area (Å²) < 4.78 is 56.4. The maximum absolute atomic E-state index is 12.8. The number of allylic oxidation sites excluding steroid dienone is 7. The van der Waals surface area contributed by atoms with Crippen molar-refractivity contribution in [2.24, 2.45) is 5.92 Å². The first-order chi connectivity index (χ1) is 30.9. The van der Waals surface area contributed by atoms with E-state index >= 15 is 0 Å². The third-order valence-electron chi connectivity index (χ3n) is 9.90. The maximum atomic E-state index is 12.8. The van der Waals surface area contributed by atoms with Crippen molar-refractivity contribution in [2.45, 2.75) is 167 Å². The Kier molecular flexibility index (Phi) is 28.8. The molecule has 1 fully saturated rings. The van der Waals surface area contributed by atoms with Crippen LogP contribution < -0.4 is 11.4 Å². The number of nitrogen functional groups attached to an aromatic ring is 1. The zero-order chi connectivity index (χ0) is 48.1. The number of phosphoric acid groups is 2. The molecule has 1 aliphatic heterocycles. The molecule has 370 valence electrons. The highest BCUT2D eigenvalue weighted by Gasteiger charge is 2.46. The summed E-state index contributed by atoms with van der Waals surface area (Å²) in [6.45, 7) is 4.03. The number of hydrogen-bond donors (Lipinski definition) is 6. The van der Waals surface area contributed by atoms with E-state index in [1.807, 2.05) is 37.3 Å². The number of aromatic nitrogens is 2. The fourth-order valence-corrected chi connectivity index (χ4v) is 8.50. The van der Waals surface area contributed by atoms with Gasteiger partial charge in [0.25, 0.3) is 0 Å². The van der Waals surface area contributed by atoms with E-state index in [9.17, 15) is 48.6 Å². The lowest BCUT2D eigenvalue weighted by Crippen LogP contribution is -2.36.